The Bertz CT molecular complexity index is 462. The fourth-order valence-corrected chi connectivity index (χ4v) is 2.16. The van der Waals surface area contributed by atoms with Gasteiger partial charge < -0.3 is 5.73 Å². The molecule has 0 spiro atoms. The Labute approximate surface area is 106 Å². The molecule has 0 atom stereocenters. The molecule has 94 valence electrons. The van der Waals surface area contributed by atoms with E-state index in [0.717, 1.165) is 36.2 Å². The second-order valence-corrected chi connectivity index (χ2v) is 3.97. The topological polar surface area (TPSA) is 92.1 Å². The van der Waals surface area contributed by atoms with E-state index in [1.165, 1.54) is 5.69 Å². The summed E-state index contributed by atoms with van der Waals surface area (Å²) in [6.07, 6.45) is 3.00. The standard InChI is InChI=1S/C10H16N6.ClH/c1-6-9-7(13-14-10(11)12)4-3-5-8(9)16(2)15-6;/h3-5H2,1-2H3,(H4,11,12,14);1H. The highest BCUT2D eigenvalue weighted by Gasteiger charge is 2.22. The van der Waals surface area contributed by atoms with Crippen molar-refractivity contribution in [2.24, 2.45) is 17.9 Å². The number of hydrogen-bond acceptors (Lipinski definition) is 3. The molecule has 0 saturated heterocycles. The van der Waals surface area contributed by atoms with Crippen LogP contribution in [-0.4, -0.2) is 21.5 Å². The lowest BCUT2D eigenvalue weighted by Gasteiger charge is -2.15. The van der Waals surface area contributed by atoms with Crippen LogP contribution in [0.4, 0.5) is 0 Å². The normalized spacial score (nSPS) is 16.2. The maximum atomic E-state index is 7.09. The van der Waals surface area contributed by atoms with Crippen LogP contribution in [0.25, 0.3) is 0 Å². The van der Waals surface area contributed by atoms with Gasteiger partial charge in [-0.05, 0) is 26.2 Å². The Morgan fingerprint density at radius 3 is 2.88 bits per heavy atom. The number of nitrogens with one attached hydrogen (secondary N) is 2. The SMILES string of the molecule is Cc1nn(C)c2c1C(=NNC(=N)N)CCC2.Cl. The summed E-state index contributed by atoms with van der Waals surface area (Å²) in [5, 5.41) is 15.6. The Hall–Kier alpha value is -1.56. The molecule has 1 aromatic rings. The number of aromatic nitrogens is 2. The van der Waals surface area contributed by atoms with Gasteiger partial charge in [-0.1, -0.05) is 0 Å². The third kappa shape index (κ3) is 2.58. The van der Waals surface area contributed by atoms with Gasteiger partial charge in [-0.25, -0.2) is 5.43 Å². The lowest BCUT2D eigenvalue weighted by molar-refractivity contribution is 0.678. The number of guanidine groups is 1. The minimum Gasteiger partial charge on any atom is -0.369 e. The van der Waals surface area contributed by atoms with Gasteiger partial charge in [-0.3, -0.25) is 10.1 Å². The minimum atomic E-state index is -0.138. The highest BCUT2D eigenvalue weighted by Crippen LogP contribution is 2.23. The predicted molar refractivity (Wildman–Crippen MR) is 69.7 cm³/mol. The summed E-state index contributed by atoms with van der Waals surface area (Å²) in [5.41, 5.74) is 12.0. The molecule has 1 aromatic heterocycles. The molecule has 1 aliphatic rings. The van der Waals surface area contributed by atoms with Crippen molar-refractivity contribution in [1.82, 2.24) is 15.2 Å². The van der Waals surface area contributed by atoms with E-state index in [9.17, 15) is 0 Å². The fourth-order valence-electron chi connectivity index (χ4n) is 2.16. The Morgan fingerprint density at radius 2 is 2.24 bits per heavy atom. The molecule has 0 saturated carbocycles. The van der Waals surface area contributed by atoms with E-state index in [4.69, 9.17) is 11.1 Å². The van der Waals surface area contributed by atoms with Crippen molar-refractivity contribution in [3.8, 4) is 0 Å². The van der Waals surface area contributed by atoms with Crippen LogP contribution in [0.1, 0.15) is 29.8 Å². The summed E-state index contributed by atoms with van der Waals surface area (Å²) in [6.45, 7) is 1.98. The smallest absolute Gasteiger partial charge is 0.206 e. The Kier molecular flexibility index (Phi) is 4.11. The number of nitrogens with zero attached hydrogens (tertiary/aromatic N) is 3. The van der Waals surface area contributed by atoms with Crippen molar-refractivity contribution in [1.29, 1.82) is 5.41 Å². The second-order valence-electron chi connectivity index (χ2n) is 3.97. The number of rotatable bonds is 1. The zero-order valence-electron chi connectivity index (χ0n) is 9.95. The summed E-state index contributed by atoms with van der Waals surface area (Å²) >= 11 is 0. The van der Waals surface area contributed by atoms with Crippen molar-refractivity contribution in [3.63, 3.8) is 0 Å². The molecular formula is C10H17ClN6. The summed E-state index contributed by atoms with van der Waals surface area (Å²) < 4.78 is 1.91. The molecule has 0 bridgehead atoms. The van der Waals surface area contributed by atoms with Crippen LogP contribution in [0.2, 0.25) is 0 Å². The molecule has 6 nitrogen and oxygen atoms in total. The molecule has 0 aliphatic heterocycles. The van der Waals surface area contributed by atoms with Crippen molar-refractivity contribution in [2.45, 2.75) is 26.2 Å². The van der Waals surface area contributed by atoms with Gasteiger partial charge in [-0.2, -0.15) is 10.2 Å². The summed E-state index contributed by atoms with van der Waals surface area (Å²) in [4.78, 5) is 0. The number of nitrogens with two attached hydrogens (primary N) is 1. The van der Waals surface area contributed by atoms with Crippen LogP contribution < -0.4 is 11.2 Å². The number of hydrogen-bond donors (Lipinski definition) is 3. The van der Waals surface area contributed by atoms with Gasteiger partial charge in [-0.15, -0.1) is 12.4 Å². The van der Waals surface area contributed by atoms with Crippen LogP contribution >= 0.6 is 12.4 Å². The first-order valence-corrected chi connectivity index (χ1v) is 5.29. The van der Waals surface area contributed by atoms with Crippen molar-refractivity contribution in [3.05, 3.63) is 17.0 Å². The first-order chi connectivity index (χ1) is 7.59. The summed E-state index contributed by atoms with van der Waals surface area (Å²) in [5.74, 6) is -0.138. The van der Waals surface area contributed by atoms with Crippen LogP contribution in [0.5, 0.6) is 0 Å². The van der Waals surface area contributed by atoms with Crippen LogP contribution in [0.3, 0.4) is 0 Å². The van der Waals surface area contributed by atoms with Crippen LogP contribution in [0.15, 0.2) is 5.10 Å². The third-order valence-corrected chi connectivity index (χ3v) is 2.77. The van der Waals surface area contributed by atoms with Gasteiger partial charge >= 0.3 is 0 Å². The quantitative estimate of drug-likeness (QED) is 0.392. The molecule has 1 heterocycles. The largest absolute Gasteiger partial charge is 0.369 e. The van der Waals surface area contributed by atoms with E-state index < -0.39 is 0 Å². The maximum Gasteiger partial charge on any atom is 0.206 e. The minimum absolute atomic E-state index is 0. The van der Waals surface area contributed by atoms with Crippen molar-refractivity contribution in [2.75, 3.05) is 0 Å². The molecule has 2 rings (SSSR count). The van der Waals surface area contributed by atoms with E-state index in [2.05, 4.69) is 15.6 Å². The van der Waals surface area contributed by atoms with E-state index in [-0.39, 0.29) is 18.4 Å². The number of fused-ring (bicyclic) bond motifs is 1. The number of halogens is 1. The second kappa shape index (κ2) is 5.18. The average Bonchev–Trinajstić information content (AvgIpc) is 2.52. The van der Waals surface area contributed by atoms with Gasteiger partial charge in [0.2, 0.25) is 5.96 Å². The Balaban J connectivity index is 0.00000144. The zero-order valence-corrected chi connectivity index (χ0v) is 10.8. The lowest BCUT2D eigenvalue weighted by atomic mass is 9.94. The molecule has 1 aliphatic carbocycles. The monoisotopic (exact) mass is 256 g/mol. The molecule has 0 fully saturated rings. The number of aryl methyl sites for hydroxylation is 2. The molecule has 7 heteroatoms. The molecule has 4 N–H and O–H groups in total. The summed E-state index contributed by atoms with van der Waals surface area (Å²) in [7, 11) is 1.95. The van der Waals surface area contributed by atoms with Gasteiger partial charge in [0.25, 0.3) is 0 Å². The highest BCUT2D eigenvalue weighted by atomic mass is 35.5. The Morgan fingerprint density at radius 1 is 1.53 bits per heavy atom. The van der Waals surface area contributed by atoms with Crippen molar-refractivity contribution >= 4 is 24.1 Å². The molecule has 0 aromatic carbocycles. The first kappa shape index (κ1) is 13.5. The lowest BCUT2D eigenvalue weighted by Crippen LogP contribution is -2.28. The van der Waals surface area contributed by atoms with Crippen LogP contribution in [-0.2, 0) is 13.5 Å². The third-order valence-electron chi connectivity index (χ3n) is 2.77. The highest BCUT2D eigenvalue weighted by molar-refractivity contribution is 6.03. The molecule has 0 unspecified atom stereocenters. The maximum absolute atomic E-state index is 7.09. The number of hydrazone groups is 1. The predicted octanol–water partition coefficient (Wildman–Crippen LogP) is 0.674. The van der Waals surface area contributed by atoms with E-state index in [1.54, 1.807) is 0 Å². The average molecular weight is 257 g/mol. The molecule has 0 amide bonds. The van der Waals surface area contributed by atoms with E-state index in [1.807, 2.05) is 18.7 Å². The zero-order chi connectivity index (χ0) is 11.7. The molecule has 0 radical (unpaired) electrons. The van der Waals surface area contributed by atoms with E-state index in [0.29, 0.717) is 0 Å². The van der Waals surface area contributed by atoms with Gasteiger partial charge in [0, 0.05) is 18.3 Å². The van der Waals surface area contributed by atoms with Gasteiger partial charge in [0.15, 0.2) is 0 Å². The fraction of sp³-hybridized carbons (Fsp3) is 0.500. The molecular weight excluding hydrogens is 240 g/mol. The summed E-state index contributed by atoms with van der Waals surface area (Å²) in [6, 6.07) is 0. The van der Waals surface area contributed by atoms with Gasteiger partial charge in [0.1, 0.15) is 0 Å². The molecule has 17 heavy (non-hydrogen) atoms. The van der Waals surface area contributed by atoms with Crippen molar-refractivity contribution < 1.29 is 0 Å². The van der Waals surface area contributed by atoms with Gasteiger partial charge in [0.05, 0.1) is 11.4 Å². The van der Waals surface area contributed by atoms with Crippen LogP contribution in [0, 0.1) is 12.3 Å². The van der Waals surface area contributed by atoms with E-state index >= 15 is 0 Å². The first-order valence-electron chi connectivity index (χ1n) is 5.29.